The molecule has 3 rings (SSSR count). The van der Waals surface area contributed by atoms with Gasteiger partial charge < -0.3 is 5.32 Å². The molecule has 0 amide bonds. The maximum Gasteiger partial charge on any atom is 0.406 e. The third-order valence-electron chi connectivity index (χ3n) is 5.39. The predicted octanol–water partition coefficient (Wildman–Crippen LogP) is 3.08. The number of hydrogen-bond acceptors (Lipinski definition) is 2. The number of rotatable bonds is 1. The second-order valence-corrected chi connectivity index (χ2v) is 6.73. The van der Waals surface area contributed by atoms with Crippen molar-refractivity contribution in [3.05, 3.63) is 0 Å². The molecule has 1 heterocycles. The molecule has 1 spiro atoms. The first-order valence-corrected chi connectivity index (χ1v) is 7.47. The SMILES string of the molecule is CC1CNC2(CCCCC2)CN1C1(C(F)(F)F)CC1. The van der Waals surface area contributed by atoms with Gasteiger partial charge in [0.25, 0.3) is 0 Å². The summed E-state index contributed by atoms with van der Waals surface area (Å²) in [4.78, 5) is 1.77. The number of piperazine rings is 1. The van der Waals surface area contributed by atoms with Gasteiger partial charge in [-0.3, -0.25) is 4.90 Å². The van der Waals surface area contributed by atoms with Crippen LogP contribution in [0.2, 0.25) is 0 Å². The Morgan fingerprint density at radius 1 is 1.05 bits per heavy atom. The summed E-state index contributed by atoms with van der Waals surface area (Å²) < 4.78 is 40.0. The first-order chi connectivity index (χ1) is 8.89. The van der Waals surface area contributed by atoms with Gasteiger partial charge in [-0.05, 0) is 32.6 Å². The fourth-order valence-corrected chi connectivity index (χ4v) is 4.00. The van der Waals surface area contributed by atoms with Crippen LogP contribution in [0.3, 0.4) is 0 Å². The van der Waals surface area contributed by atoms with Gasteiger partial charge in [-0.25, -0.2) is 0 Å². The molecule has 3 fully saturated rings. The summed E-state index contributed by atoms with van der Waals surface area (Å²) in [5.74, 6) is 0. The Labute approximate surface area is 112 Å². The molecule has 3 aliphatic rings. The van der Waals surface area contributed by atoms with Crippen LogP contribution in [0.1, 0.15) is 51.9 Å². The molecule has 0 aromatic carbocycles. The maximum atomic E-state index is 13.3. The van der Waals surface area contributed by atoms with Crippen LogP contribution in [0.4, 0.5) is 13.2 Å². The second kappa shape index (κ2) is 4.35. The molecule has 0 radical (unpaired) electrons. The zero-order valence-electron chi connectivity index (χ0n) is 11.5. The molecule has 0 aromatic heterocycles. The largest absolute Gasteiger partial charge is 0.406 e. The second-order valence-electron chi connectivity index (χ2n) is 6.73. The summed E-state index contributed by atoms with van der Waals surface area (Å²) in [6.45, 7) is 3.19. The minimum Gasteiger partial charge on any atom is -0.308 e. The lowest BCUT2D eigenvalue weighted by Gasteiger charge is -2.52. The zero-order chi connectivity index (χ0) is 13.7. The van der Waals surface area contributed by atoms with Crippen molar-refractivity contribution in [3.8, 4) is 0 Å². The summed E-state index contributed by atoms with van der Waals surface area (Å²) >= 11 is 0. The molecule has 110 valence electrons. The van der Waals surface area contributed by atoms with E-state index in [-0.39, 0.29) is 24.4 Å². The third-order valence-corrected chi connectivity index (χ3v) is 5.39. The first-order valence-electron chi connectivity index (χ1n) is 7.47. The van der Waals surface area contributed by atoms with Crippen molar-refractivity contribution in [1.29, 1.82) is 0 Å². The van der Waals surface area contributed by atoms with E-state index in [9.17, 15) is 13.2 Å². The molecule has 19 heavy (non-hydrogen) atoms. The molecule has 1 aliphatic heterocycles. The maximum absolute atomic E-state index is 13.3. The van der Waals surface area contributed by atoms with Crippen LogP contribution in [0.15, 0.2) is 0 Å². The highest BCUT2D eigenvalue weighted by molar-refractivity contribution is 5.14. The minimum atomic E-state index is -4.07. The van der Waals surface area contributed by atoms with Crippen LogP contribution in [0, 0.1) is 0 Å². The highest BCUT2D eigenvalue weighted by Gasteiger charge is 2.68. The van der Waals surface area contributed by atoms with Crippen LogP contribution in [0.25, 0.3) is 0 Å². The minimum absolute atomic E-state index is 0.0170. The van der Waals surface area contributed by atoms with Crippen LogP contribution in [-0.4, -0.2) is 41.3 Å². The third kappa shape index (κ3) is 2.19. The van der Waals surface area contributed by atoms with Crippen molar-refractivity contribution in [2.45, 2.75) is 75.2 Å². The fourth-order valence-electron chi connectivity index (χ4n) is 4.00. The van der Waals surface area contributed by atoms with Crippen molar-refractivity contribution in [2.75, 3.05) is 13.1 Å². The Hall–Kier alpha value is -0.290. The van der Waals surface area contributed by atoms with E-state index in [1.54, 1.807) is 4.90 Å². The zero-order valence-corrected chi connectivity index (χ0v) is 11.5. The fraction of sp³-hybridized carbons (Fsp3) is 1.00. The molecule has 0 aromatic rings. The van der Waals surface area contributed by atoms with Gasteiger partial charge in [0.2, 0.25) is 0 Å². The Bertz CT molecular complexity index is 343. The van der Waals surface area contributed by atoms with E-state index < -0.39 is 11.7 Å². The Morgan fingerprint density at radius 3 is 2.21 bits per heavy atom. The van der Waals surface area contributed by atoms with Crippen LogP contribution < -0.4 is 5.32 Å². The van der Waals surface area contributed by atoms with Crippen molar-refractivity contribution in [1.82, 2.24) is 10.2 Å². The molecule has 5 heteroatoms. The van der Waals surface area contributed by atoms with Crippen molar-refractivity contribution < 1.29 is 13.2 Å². The van der Waals surface area contributed by atoms with Crippen LogP contribution in [0.5, 0.6) is 0 Å². The molecule has 1 unspecified atom stereocenters. The van der Waals surface area contributed by atoms with E-state index in [0.29, 0.717) is 13.1 Å². The van der Waals surface area contributed by atoms with Gasteiger partial charge in [-0.2, -0.15) is 13.2 Å². The van der Waals surface area contributed by atoms with E-state index in [2.05, 4.69) is 5.32 Å². The topological polar surface area (TPSA) is 15.3 Å². The summed E-state index contributed by atoms with van der Waals surface area (Å²) in [6, 6.07) is -0.0170. The number of halogens is 3. The van der Waals surface area contributed by atoms with Gasteiger partial charge in [0.15, 0.2) is 0 Å². The lowest BCUT2D eigenvalue weighted by atomic mass is 9.79. The quantitative estimate of drug-likeness (QED) is 0.792. The smallest absolute Gasteiger partial charge is 0.308 e. The van der Waals surface area contributed by atoms with Crippen LogP contribution >= 0.6 is 0 Å². The lowest BCUT2D eigenvalue weighted by Crippen LogP contribution is -2.68. The standard InChI is InChI=1S/C14H23F3N2/c1-11-9-18-12(5-3-2-4-6-12)10-19(11)13(7-8-13)14(15,16)17/h11,18H,2-10H2,1H3. The summed E-state index contributed by atoms with van der Waals surface area (Å²) in [6.07, 6.45) is 2.09. The monoisotopic (exact) mass is 276 g/mol. The summed E-state index contributed by atoms with van der Waals surface area (Å²) in [5, 5.41) is 3.56. The van der Waals surface area contributed by atoms with Gasteiger partial charge >= 0.3 is 6.18 Å². The lowest BCUT2D eigenvalue weighted by molar-refractivity contribution is -0.209. The first kappa shape index (κ1) is 13.7. The Kier molecular flexibility index (Phi) is 3.13. The van der Waals surface area contributed by atoms with Gasteiger partial charge in [-0.15, -0.1) is 0 Å². The average Bonchev–Trinajstić information content (AvgIpc) is 3.14. The van der Waals surface area contributed by atoms with Crippen molar-refractivity contribution in [2.24, 2.45) is 0 Å². The van der Waals surface area contributed by atoms with E-state index in [1.807, 2.05) is 6.92 Å². The molecule has 1 saturated heterocycles. The number of nitrogens with zero attached hydrogens (tertiary/aromatic N) is 1. The van der Waals surface area contributed by atoms with E-state index in [0.717, 1.165) is 25.7 Å². The van der Waals surface area contributed by atoms with Crippen LogP contribution in [-0.2, 0) is 0 Å². The molecule has 0 bridgehead atoms. The van der Waals surface area contributed by atoms with Crippen molar-refractivity contribution >= 4 is 0 Å². The van der Waals surface area contributed by atoms with E-state index in [1.165, 1.54) is 6.42 Å². The van der Waals surface area contributed by atoms with E-state index in [4.69, 9.17) is 0 Å². The highest BCUT2D eigenvalue weighted by atomic mass is 19.4. The Balaban J connectivity index is 1.80. The Morgan fingerprint density at radius 2 is 1.68 bits per heavy atom. The molecular formula is C14H23F3N2. The molecule has 1 atom stereocenters. The normalized spacial score (nSPS) is 34.4. The van der Waals surface area contributed by atoms with Gasteiger partial charge in [0, 0.05) is 24.7 Å². The average molecular weight is 276 g/mol. The van der Waals surface area contributed by atoms with E-state index >= 15 is 0 Å². The number of nitrogens with one attached hydrogen (secondary N) is 1. The predicted molar refractivity (Wildman–Crippen MR) is 68.0 cm³/mol. The molecule has 2 saturated carbocycles. The molecular weight excluding hydrogens is 253 g/mol. The number of alkyl halides is 3. The summed E-state index contributed by atoms with van der Waals surface area (Å²) in [5.41, 5.74) is -1.55. The summed E-state index contributed by atoms with van der Waals surface area (Å²) in [7, 11) is 0. The highest BCUT2D eigenvalue weighted by Crippen LogP contribution is 2.55. The molecule has 2 aliphatic carbocycles. The number of hydrogen-bond donors (Lipinski definition) is 1. The van der Waals surface area contributed by atoms with Gasteiger partial charge in [0.1, 0.15) is 5.54 Å². The van der Waals surface area contributed by atoms with Gasteiger partial charge in [-0.1, -0.05) is 19.3 Å². The molecule has 2 nitrogen and oxygen atoms in total. The van der Waals surface area contributed by atoms with Gasteiger partial charge in [0.05, 0.1) is 0 Å². The molecule has 1 N–H and O–H groups in total. The van der Waals surface area contributed by atoms with Crippen molar-refractivity contribution in [3.63, 3.8) is 0 Å².